The highest BCUT2D eigenvalue weighted by atomic mass is 16.6. The first-order valence-electron chi connectivity index (χ1n) is 12.3. The van der Waals surface area contributed by atoms with Crippen LogP contribution in [0.15, 0.2) is 34.9 Å². The SMILES string of the molecule is C[C@]12CC[C@H]3[C@@H](CCC4=CC(=NNc5ccc([N+](=O)[O-])cc5[N+](=O)[O-])CC[C@@]43C)[C@@H]1CC[C@@H]2O. The number of fused-ring (bicyclic) bond motifs is 5. The molecule has 0 amide bonds. The number of nitro groups is 2. The first-order valence-corrected chi connectivity index (χ1v) is 12.3. The van der Waals surface area contributed by atoms with E-state index >= 15 is 0 Å². The summed E-state index contributed by atoms with van der Waals surface area (Å²) in [5.74, 6) is 1.90. The largest absolute Gasteiger partial charge is 0.393 e. The fourth-order valence-corrected chi connectivity index (χ4v) is 7.64. The van der Waals surface area contributed by atoms with Crippen LogP contribution in [0.25, 0.3) is 0 Å². The molecule has 3 saturated carbocycles. The summed E-state index contributed by atoms with van der Waals surface area (Å²) < 4.78 is 0. The van der Waals surface area contributed by atoms with Gasteiger partial charge in [-0.2, -0.15) is 5.10 Å². The third kappa shape index (κ3) is 3.52. The highest BCUT2D eigenvalue weighted by Crippen LogP contribution is 2.65. The van der Waals surface area contributed by atoms with Crippen LogP contribution in [0.2, 0.25) is 0 Å². The van der Waals surface area contributed by atoms with Crippen molar-refractivity contribution in [2.24, 2.45) is 33.7 Å². The predicted octanol–water partition coefficient (Wildman–Crippen LogP) is 5.59. The zero-order valence-electron chi connectivity index (χ0n) is 19.7. The molecule has 0 saturated heterocycles. The molecule has 6 atom stereocenters. The molecule has 9 nitrogen and oxygen atoms in total. The Bertz CT molecular complexity index is 1100. The van der Waals surface area contributed by atoms with Gasteiger partial charge in [-0.1, -0.05) is 19.4 Å². The quantitative estimate of drug-likeness (QED) is 0.437. The van der Waals surface area contributed by atoms with Gasteiger partial charge in [-0.25, -0.2) is 0 Å². The van der Waals surface area contributed by atoms with Crippen LogP contribution in [0.1, 0.15) is 65.2 Å². The molecule has 5 rings (SSSR count). The van der Waals surface area contributed by atoms with Crippen molar-refractivity contribution in [2.75, 3.05) is 5.43 Å². The van der Waals surface area contributed by atoms with Crippen LogP contribution in [-0.2, 0) is 0 Å². The molecule has 182 valence electrons. The molecule has 34 heavy (non-hydrogen) atoms. The lowest BCUT2D eigenvalue weighted by Crippen LogP contribution is -2.51. The number of nitrogens with one attached hydrogen (secondary N) is 1. The van der Waals surface area contributed by atoms with Crippen LogP contribution in [0.3, 0.4) is 0 Å². The second-order valence-corrected chi connectivity index (χ2v) is 11.1. The Balaban J connectivity index is 1.36. The van der Waals surface area contributed by atoms with Gasteiger partial charge in [0.2, 0.25) is 0 Å². The van der Waals surface area contributed by atoms with E-state index in [1.54, 1.807) is 0 Å². The topological polar surface area (TPSA) is 131 Å². The summed E-state index contributed by atoms with van der Waals surface area (Å²) in [6.07, 6.45) is 10.3. The maximum Gasteiger partial charge on any atom is 0.301 e. The van der Waals surface area contributed by atoms with Gasteiger partial charge in [0, 0.05) is 6.07 Å². The standard InChI is InChI=1S/C25H32N4O5/c1-24-11-9-16(26-27-21-7-4-17(28(31)32)14-22(21)29(33)34)13-15(24)3-5-18-19-6-8-23(30)25(19,2)12-10-20(18)24/h4,7,13-14,18-20,23,27,30H,3,5-6,8-12H2,1-2H3/t18-,19-,20-,23-,24-,25-/m0/s1. The Hall–Kier alpha value is -2.81. The fraction of sp³-hybridized carbons (Fsp3) is 0.640. The average molecular weight is 469 g/mol. The van der Waals surface area contributed by atoms with E-state index < -0.39 is 9.85 Å². The van der Waals surface area contributed by atoms with Gasteiger partial charge in [-0.15, -0.1) is 0 Å². The van der Waals surface area contributed by atoms with Gasteiger partial charge in [0.15, 0.2) is 0 Å². The predicted molar refractivity (Wildman–Crippen MR) is 129 cm³/mol. The summed E-state index contributed by atoms with van der Waals surface area (Å²) in [5.41, 5.74) is 4.72. The maximum atomic E-state index is 11.4. The van der Waals surface area contributed by atoms with Crippen molar-refractivity contribution < 1.29 is 15.0 Å². The molecular weight excluding hydrogens is 436 g/mol. The van der Waals surface area contributed by atoms with Gasteiger partial charge in [0.1, 0.15) is 5.69 Å². The summed E-state index contributed by atoms with van der Waals surface area (Å²) in [5, 5.41) is 37.5. The van der Waals surface area contributed by atoms with Crippen molar-refractivity contribution in [1.82, 2.24) is 0 Å². The van der Waals surface area contributed by atoms with E-state index in [0.29, 0.717) is 17.8 Å². The van der Waals surface area contributed by atoms with E-state index in [4.69, 9.17) is 0 Å². The molecule has 0 radical (unpaired) electrons. The number of non-ortho nitro benzene ring substituents is 1. The van der Waals surface area contributed by atoms with Gasteiger partial charge in [0.25, 0.3) is 5.69 Å². The highest BCUT2D eigenvalue weighted by molar-refractivity contribution is 5.97. The van der Waals surface area contributed by atoms with Crippen LogP contribution >= 0.6 is 0 Å². The molecule has 0 heterocycles. The van der Waals surface area contributed by atoms with E-state index in [0.717, 1.165) is 63.1 Å². The molecule has 4 aliphatic carbocycles. The molecule has 4 aliphatic rings. The van der Waals surface area contributed by atoms with Gasteiger partial charge in [-0.3, -0.25) is 25.7 Å². The van der Waals surface area contributed by atoms with Crippen LogP contribution in [0.4, 0.5) is 17.1 Å². The Labute approximate surface area is 198 Å². The molecule has 2 N–H and O–H groups in total. The Morgan fingerprint density at radius 3 is 2.56 bits per heavy atom. The number of aliphatic hydroxyl groups is 1. The van der Waals surface area contributed by atoms with Gasteiger partial charge in [0.05, 0.1) is 27.7 Å². The van der Waals surface area contributed by atoms with Crippen molar-refractivity contribution in [3.63, 3.8) is 0 Å². The first kappa shape index (κ1) is 23.0. The van der Waals surface area contributed by atoms with E-state index in [-0.39, 0.29) is 34.0 Å². The molecule has 3 fully saturated rings. The van der Waals surface area contributed by atoms with Crippen molar-refractivity contribution in [3.8, 4) is 0 Å². The number of hydrogen-bond acceptors (Lipinski definition) is 7. The smallest absolute Gasteiger partial charge is 0.301 e. The summed E-state index contributed by atoms with van der Waals surface area (Å²) in [7, 11) is 0. The van der Waals surface area contributed by atoms with E-state index in [2.05, 4.69) is 30.5 Å². The Kier molecular flexibility index (Phi) is 5.50. The van der Waals surface area contributed by atoms with Gasteiger partial charge in [-0.05, 0) is 92.1 Å². The van der Waals surface area contributed by atoms with Crippen LogP contribution in [-0.4, -0.2) is 26.8 Å². The minimum atomic E-state index is -0.647. The number of hydrazone groups is 1. The minimum Gasteiger partial charge on any atom is -0.393 e. The maximum absolute atomic E-state index is 11.4. The third-order valence-corrected chi connectivity index (χ3v) is 9.64. The van der Waals surface area contributed by atoms with Crippen LogP contribution < -0.4 is 5.43 Å². The summed E-state index contributed by atoms with van der Waals surface area (Å²) in [6.45, 7) is 4.70. The second kappa shape index (κ2) is 8.15. The number of aliphatic hydroxyl groups excluding tert-OH is 1. The van der Waals surface area contributed by atoms with E-state index in [1.807, 2.05) is 0 Å². The number of anilines is 1. The first-order chi connectivity index (χ1) is 16.1. The molecule has 0 spiro atoms. The number of nitro benzene ring substituents is 2. The highest BCUT2D eigenvalue weighted by Gasteiger charge is 2.58. The van der Waals surface area contributed by atoms with Crippen molar-refractivity contribution in [3.05, 3.63) is 50.1 Å². The second-order valence-electron chi connectivity index (χ2n) is 11.1. The molecule has 9 heteroatoms. The number of hydrogen-bond donors (Lipinski definition) is 2. The lowest BCUT2D eigenvalue weighted by molar-refractivity contribution is -0.393. The summed E-state index contributed by atoms with van der Waals surface area (Å²) >= 11 is 0. The number of benzene rings is 1. The van der Waals surface area contributed by atoms with Crippen molar-refractivity contribution in [1.29, 1.82) is 0 Å². The Morgan fingerprint density at radius 1 is 1.03 bits per heavy atom. The number of allylic oxidation sites excluding steroid dienone is 2. The summed E-state index contributed by atoms with van der Waals surface area (Å²) in [6, 6.07) is 3.53. The van der Waals surface area contributed by atoms with E-state index in [1.165, 1.54) is 17.7 Å². The number of nitrogens with zero attached hydrogens (tertiary/aromatic N) is 3. The lowest BCUT2D eigenvalue weighted by atomic mass is 9.47. The zero-order chi connectivity index (χ0) is 24.3. The van der Waals surface area contributed by atoms with Crippen molar-refractivity contribution in [2.45, 2.75) is 71.3 Å². The minimum absolute atomic E-state index is 0.0728. The van der Waals surface area contributed by atoms with Gasteiger partial charge < -0.3 is 5.11 Å². The molecule has 0 unspecified atom stereocenters. The zero-order valence-corrected chi connectivity index (χ0v) is 19.7. The molecule has 0 bridgehead atoms. The van der Waals surface area contributed by atoms with Crippen LogP contribution in [0.5, 0.6) is 0 Å². The monoisotopic (exact) mass is 468 g/mol. The fourth-order valence-electron chi connectivity index (χ4n) is 7.64. The molecule has 0 aliphatic heterocycles. The average Bonchev–Trinajstić information content (AvgIpc) is 3.11. The molecular formula is C25H32N4O5. The lowest BCUT2D eigenvalue weighted by Gasteiger charge is -2.57. The van der Waals surface area contributed by atoms with Crippen LogP contribution in [0, 0.1) is 48.8 Å². The molecule has 0 aromatic heterocycles. The molecule has 1 aromatic rings. The molecule has 1 aromatic carbocycles. The number of rotatable bonds is 4. The summed E-state index contributed by atoms with van der Waals surface area (Å²) in [4.78, 5) is 21.1. The Morgan fingerprint density at radius 2 is 1.82 bits per heavy atom. The van der Waals surface area contributed by atoms with Gasteiger partial charge >= 0.3 is 5.69 Å². The van der Waals surface area contributed by atoms with E-state index in [9.17, 15) is 25.3 Å². The third-order valence-electron chi connectivity index (χ3n) is 9.64. The normalized spacial score (nSPS) is 37.9. The van der Waals surface area contributed by atoms with Crippen molar-refractivity contribution >= 4 is 22.8 Å².